The molecule has 2 heterocycles. The second kappa shape index (κ2) is 10.1. The van der Waals surface area contributed by atoms with E-state index in [0.29, 0.717) is 40.6 Å². The first kappa shape index (κ1) is 22.9. The number of hydrogen-bond donors (Lipinski definition) is 3. The summed E-state index contributed by atoms with van der Waals surface area (Å²) in [7, 11) is 1.73. The summed E-state index contributed by atoms with van der Waals surface area (Å²) in [6.07, 6.45) is 9.51. The molecule has 0 aromatic carbocycles. The zero-order chi connectivity index (χ0) is 22.6. The van der Waals surface area contributed by atoms with Gasteiger partial charge in [-0.05, 0) is 56.9 Å². The minimum absolute atomic E-state index is 0.332. The third-order valence-electron chi connectivity index (χ3n) is 6.61. The lowest BCUT2D eigenvalue weighted by molar-refractivity contribution is 0.161. The Labute approximate surface area is 190 Å². The van der Waals surface area contributed by atoms with Crippen molar-refractivity contribution in [2.45, 2.75) is 70.5 Å². The zero-order valence-corrected chi connectivity index (χ0v) is 19.3. The Morgan fingerprint density at radius 3 is 2.56 bits per heavy atom. The molecule has 0 spiro atoms. The first-order chi connectivity index (χ1) is 15.4. The Kier molecular flexibility index (Phi) is 7.20. The molecule has 3 N–H and O–H groups in total. The standard InChI is InChI=1S/C24H35FN6O/c1-16(13-32-3)30-17-4-6-18(7-5-17)31-23-10-19(20(25)12-26-23)21-11-22(29-15-28-21)27-14-24(2)8-9-24/h10-12,15-18,30H,4-9,13-14H2,1-3H3,(H,26,31)(H,27,28,29)/t16-,17?,18?/m0/s1. The highest BCUT2D eigenvalue weighted by Crippen LogP contribution is 2.44. The Morgan fingerprint density at radius 2 is 1.84 bits per heavy atom. The van der Waals surface area contributed by atoms with Crippen LogP contribution in [0.4, 0.5) is 16.0 Å². The molecule has 174 valence electrons. The van der Waals surface area contributed by atoms with Gasteiger partial charge in [0.1, 0.15) is 18.0 Å². The Morgan fingerprint density at radius 1 is 1.09 bits per heavy atom. The normalized spacial score (nSPS) is 22.9. The van der Waals surface area contributed by atoms with Gasteiger partial charge in [0.05, 0.1) is 18.5 Å². The fourth-order valence-corrected chi connectivity index (χ4v) is 4.32. The summed E-state index contributed by atoms with van der Waals surface area (Å²) in [6, 6.07) is 4.77. The SMILES string of the molecule is COC[C@H](C)NC1CCC(Nc2cc(-c3cc(NCC4(C)CC4)ncn3)c(F)cn2)CC1. The molecular formula is C24H35FN6O. The lowest BCUT2D eigenvalue weighted by Gasteiger charge is -2.31. The van der Waals surface area contributed by atoms with Crippen LogP contribution in [0.5, 0.6) is 0 Å². The maximum atomic E-state index is 14.6. The molecule has 8 heteroatoms. The molecule has 0 radical (unpaired) electrons. The third kappa shape index (κ3) is 6.13. The number of ether oxygens (including phenoxy) is 1. The summed E-state index contributed by atoms with van der Waals surface area (Å²) in [6.45, 7) is 6.00. The summed E-state index contributed by atoms with van der Waals surface area (Å²) >= 11 is 0. The maximum Gasteiger partial charge on any atom is 0.151 e. The molecule has 32 heavy (non-hydrogen) atoms. The van der Waals surface area contributed by atoms with Crippen molar-refractivity contribution in [3.8, 4) is 11.3 Å². The van der Waals surface area contributed by atoms with E-state index in [9.17, 15) is 4.39 Å². The molecule has 0 amide bonds. The van der Waals surface area contributed by atoms with Crippen LogP contribution in [-0.2, 0) is 4.74 Å². The fraction of sp³-hybridized carbons (Fsp3) is 0.625. The Hall–Kier alpha value is -2.32. The van der Waals surface area contributed by atoms with Gasteiger partial charge >= 0.3 is 0 Å². The number of methoxy groups -OCH3 is 1. The topological polar surface area (TPSA) is 84.0 Å². The van der Waals surface area contributed by atoms with E-state index < -0.39 is 0 Å². The molecule has 1 atom stereocenters. The van der Waals surface area contributed by atoms with E-state index in [4.69, 9.17) is 4.74 Å². The van der Waals surface area contributed by atoms with Gasteiger partial charge in [-0.1, -0.05) is 6.92 Å². The van der Waals surface area contributed by atoms with Gasteiger partial charge in [0.25, 0.3) is 0 Å². The van der Waals surface area contributed by atoms with Crippen LogP contribution in [0, 0.1) is 11.2 Å². The number of pyridine rings is 1. The van der Waals surface area contributed by atoms with Crippen molar-refractivity contribution in [1.29, 1.82) is 0 Å². The average molecular weight is 443 g/mol. The number of nitrogens with zero attached hydrogens (tertiary/aromatic N) is 3. The van der Waals surface area contributed by atoms with Crippen molar-refractivity contribution >= 4 is 11.6 Å². The zero-order valence-electron chi connectivity index (χ0n) is 19.3. The van der Waals surface area contributed by atoms with Crippen molar-refractivity contribution in [2.24, 2.45) is 5.41 Å². The molecule has 4 rings (SSSR count). The molecule has 0 aliphatic heterocycles. The number of anilines is 2. The van der Waals surface area contributed by atoms with Crippen molar-refractivity contribution < 1.29 is 9.13 Å². The summed E-state index contributed by atoms with van der Waals surface area (Å²) in [5.41, 5.74) is 1.36. The molecule has 7 nitrogen and oxygen atoms in total. The molecule has 0 saturated heterocycles. The highest BCUT2D eigenvalue weighted by Gasteiger charge is 2.36. The minimum atomic E-state index is -0.380. The van der Waals surface area contributed by atoms with Gasteiger partial charge in [0.15, 0.2) is 5.82 Å². The highest BCUT2D eigenvalue weighted by molar-refractivity contribution is 5.65. The molecule has 2 aromatic heterocycles. The van der Waals surface area contributed by atoms with Crippen molar-refractivity contribution in [2.75, 3.05) is 30.9 Å². The molecule has 2 aromatic rings. The molecule has 2 aliphatic carbocycles. The van der Waals surface area contributed by atoms with Gasteiger partial charge < -0.3 is 20.7 Å². The quantitative estimate of drug-likeness (QED) is 0.508. The third-order valence-corrected chi connectivity index (χ3v) is 6.61. The molecule has 0 unspecified atom stereocenters. The lowest BCUT2D eigenvalue weighted by atomic mass is 9.90. The summed E-state index contributed by atoms with van der Waals surface area (Å²) in [5.74, 6) is 1.03. The van der Waals surface area contributed by atoms with Crippen LogP contribution in [0.2, 0.25) is 0 Å². The van der Waals surface area contributed by atoms with Crippen molar-refractivity contribution in [1.82, 2.24) is 20.3 Å². The van der Waals surface area contributed by atoms with Crippen LogP contribution < -0.4 is 16.0 Å². The summed E-state index contributed by atoms with van der Waals surface area (Å²) < 4.78 is 19.8. The van der Waals surface area contributed by atoms with Gasteiger partial charge in [-0.15, -0.1) is 0 Å². The van der Waals surface area contributed by atoms with E-state index >= 15 is 0 Å². The van der Waals surface area contributed by atoms with Crippen LogP contribution in [0.1, 0.15) is 52.4 Å². The predicted octanol–water partition coefficient (Wildman–Crippen LogP) is 4.24. The molecule has 0 bridgehead atoms. The van der Waals surface area contributed by atoms with Crippen LogP contribution in [-0.4, -0.2) is 53.3 Å². The minimum Gasteiger partial charge on any atom is -0.383 e. The average Bonchev–Trinajstić information content (AvgIpc) is 3.53. The van der Waals surface area contributed by atoms with Gasteiger partial charge in [-0.2, -0.15) is 0 Å². The van der Waals surface area contributed by atoms with Gasteiger partial charge in [-0.25, -0.2) is 19.3 Å². The highest BCUT2D eigenvalue weighted by atomic mass is 19.1. The summed E-state index contributed by atoms with van der Waals surface area (Å²) in [5, 5.41) is 10.5. The first-order valence-corrected chi connectivity index (χ1v) is 11.7. The lowest BCUT2D eigenvalue weighted by Crippen LogP contribution is -2.42. The number of aromatic nitrogens is 3. The van der Waals surface area contributed by atoms with Crippen molar-refractivity contribution in [3.63, 3.8) is 0 Å². The Balaban J connectivity index is 1.36. The number of nitrogens with one attached hydrogen (secondary N) is 3. The smallest absolute Gasteiger partial charge is 0.151 e. The fourth-order valence-electron chi connectivity index (χ4n) is 4.32. The van der Waals surface area contributed by atoms with E-state index in [2.05, 4.69) is 44.7 Å². The predicted molar refractivity (Wildman–Crippen MR) is 125 cm³/mol. The molecule has 2 saturated carbocycles. The Bertz CT molecular complexity index is 898. The number of hydrogen-bond acceptors (Lipinski definition) is 7. The largest absolute Gasteiger partial charge is 0.383 e. The number of halogens is 1. The molecule has 2 aliphatic rings. The van der Waals surface area contributed by atoms with Crippen LogP contribution >= 0.6 is 0 Å². The second-order valence-electron chi connectivity index (χ2n) is 9.72. The van der Waals surface area contributed by atoms with Gasteiger partial charge in [-0.3, -0.25) is 0 Å². The second-order valence-corrected chi connectivity index (χ2v) is 9.72. The van der Waals surface area contributed by atoms with Crippen LogP contribution in [0.15, 0.2) is 24.7 Å². The molecular weight excluding hydrogens is 407 g/mol. The monoisotopic (exact) mass is 442 g/mol. The van der Waals surface area contributed by atoms with Crippen LogP contribution in [0.3, 0.4) is 0 Å². The first-order valence-electron chi connectivity index (χ1n) is 11.7. The van der Waals surface area contributed by atoms with E-state index in [1.54, 1.807) is 13.2 Å². The summed E-state index contributed by atoms with van der Waals surface area (Å²) in [4.78, 5) is 12.9. The van der Waals surface area contributed by atoms with E-state index in [0.717, 1.165) is 44.7 Å². The van der Waals surface area contributed by atoms with Gasteiger partial charge in [0, 0.05) is 43.4 Å². The van der Waals surface area contributed by atoms with Gasteiger partial charge in [0.2, 0.25) is 0 Å². The maximum absolute atomic E-state index is 14.6. The van der Waals surface area contributed by atoms with Crippen LogP contribution in [0.25, 0.3) is 11.3 Å². The van der Waals surface area contributed by atoms with E-state index in [1.165, 1.54) is 25.4 Å². The van der Waals surface area contributed by atoms with E-state index in [-0.39, 0.29) is 5.82 Å². The number of rotatable bonds is 10. The van der Waals surface area contributed by atoms with Crippen molar-refractivity contribution in [3.05, 3.63) is 30.5 Å². The molecule has 2 fully saturated rings. The van der Waals surface area contributed by atoms with E-state index in [1.807, 2.05) is 6.07 Å².